The van der Waals surface area contributed by atoms with Gasteiger partial charge >= 0.3 is 0 Å². The third-order valence-electron chi connectivity index (χ3n) is 11.1. The summed E-state index contributed by atoms with van der Waals surface area (Å²) in [5.74, 6) is -0.178. The van der Waals surface area contributed by atoms with Crippen molar-refractivity contribution in [2.45, 2.75) is 81.1 Å². The molecule has 1 amide bonds. The van der Waals surface area contributed by atoms with Crippen molar-refractivity contribution in [1.29, 1.82) is 0 Å². The molecule has 5 aliphatic rings. The van der Waals surface area contributed by atoms with Crippen LogP contribution in [-0.2, 0) is 20.9 Å². The van der Waals surface area contributed by atoms with Gasteiger partial charge in [0.2, 0.25) is 5.95 Å². The monoisotopic (exact) mass is 654 g/mol. The molecule has 3 aromatic rings. The number of aryl methyl sites for hydroxylation is 1. The van der Waals surface area contributed by atoms with Gasteiger partial charge in [0.05, 0.1) is 42.2 Å². The number of morpholine rings is 1. The van der Waals surface area contributed by atoms with E-state index in [0.29, 0.717) is 44.6 Å². The number of ether oxygens (including phenoxy) is 1. The average molecular weight is 655 g/mol. The highest BCUT2D eigenvalue weighted by Crippen LogP contribution is 2.48. The fraction of sp³-hybridized carbons (Fsp3) is 0.528. The second kappa shape index (κ2) is 13.4. The summed E-state index contributed by atoms with van der Waals surface area (Å²) in [5.41, 5.74) is 1.48. The third kappa shape index (κ3) is 5.89. The number of fused-ring (bicyclic) bond motifs is 2. The average Bonchev–Trinajstić information content (AvgIpc) is 3.66. The second-order valence-electron chi connectivity index (χ2n) is 13.8. The molecule has 4 fully saturated rings. The highest BCUT2D eigenvalue weighted by atomic mass is 19.1. The van der Waals surface area contributed by atoms with Crippen LogP contribution >= 0.6 is 0 Å². The summed E-state index contributed by atoms with van der Waals surface area (Å²) in [7, 11) is 0. The van der Waals surface area contributed by atoms with Crippen LogP contribution < -0.4 is 10.2 Å². The van der Waals surface area contributed by atoms with E-state index < -0.39 is 24.2 Å². The first kappa shape index (κ1) is 31.1. The van der Waals surface area contributed by atoms with E-state index in [-0.39, 0.29) is 41.9 Å². The SMILES string of the molecule is O=C1C(C(=O)N2CCN(c3ncccn3)CC2)=CN2C3CC(c4ccccc4)CCC3OC3C(NCCCn4ccnc4)C(F)CC1C32. The smallest absolute Gasteiger partial charge is 0.259 e. The lowest BCUT2D eigenvalue weighted by atomic mass is 9.68. The number of carbonyl (C=O) groups excluding carboxylic acids is 2. The summed E-state index contributed by atoms with van der Waals surface area (Å²) >= 11 is 0. The standard InChI is InChI=1S/C36H43FN8O3/c37-28-21-26-32-34(31(28)39-12-5-14-42-15-13-38-23-42)48-30-9-8-25(24-6-2-1-3-7-24)20-29(30)45(32)22-27(33(26)46)35(47)43-16-18-44(19-17-43)36-40-10-4-11-41-36/h1-4,6-7,10-11,13,15,22-23,25-26,28-32,34,39H,5,8-9,12,14,16-21H2. The van der Waals surface area contributed by atoms with E-state index in [9.17, 15) is 9.59 Å². The molecule has 8 atom stereocenters. The number of benzene rings is 1. The molecular weight excluding hydrogens is 611 g/mol. The number of hydrogen-bond donors (Lipinski definition) is 1. The summed E-state index contributed by atoms with van der Waals surface area (Å²) in [6.45, 7) is 3.48. The van der Waals surface area contributed by atoms with Gasteiger partial charge in [-0.1, -0.05) is 30.3 Å². The Bertz CT molecular complexity index is 1600. The second-order valence-corrected chi connectivity index (χ2v) is 13.8. The van der Waals surface area contributed by atoms with Gasteiger partial charge in [0.25, 0.3) is 5.91 Å². The number of nitrogens with one attached hydrogen (secondary N) is 1. The zero-order valence-corrected chi connectivity index (χ0v) is 27.1. The van der Waals surface area contributed by atoms with Gasteiger partial charge in [-0.15, -0.1) is 0 Å². The van der Waals surface area contributed by atoms with Gasteiger partial charge in [-0.3, -0.25) is 9.59 Å². The maximum Gasteiger partial charge on any atom is 0.259 e. The van der Waals surface area contributed by atoms with Gasteiger partial charge in [-0.05, 0) is 56.2 Å². The van der Waals surface area contributed by atoms with Crippen LogP contribution in [0.25, 0.3) is 0 Å². The summed E-state index contributed by atoms with van der Waals surface area (Å²) in [4.78, 5) is 47.2. The van der Waals surface area contributed by atoms with Crippen molar-refractivity contribution >= 4 is 17.6 Å². The predicted octanol–water partition coefficient (Wildman–Crippen LogP) is 2.97. The number of anilines is 1. The van der Waals surface area contributed by atoms with Crippen molar-refractivity contribution in [2.24, 2.45) is 5.92 Å². The van der Waals surface area contributed by atoms with Crippen LogP contribution in [0.5, 0.6) is 0 Å². The molecule has 2 aliphatic carbocycles. The van der Waals surface area contributed by atoms with E-state index in [1.54, 1.807) is 35.9 Å². The Kier molecular flexibility index (Phi) is 8.68. The highest BCUT2D eigenvalue weighted by molar-refractivity contribution is 6.20. The molecule has 1 N–H and O–H groups in total. The maximum atomic E-state index is 16.2. The van der Waals surface area contributed by atoms with Gasteiger partial charge < -0.3 is 29.3 Å². The molecule has 0 spiro atoms. The van der Waals surface area contributed by atoms with Gasteiger partial charge in [0.1, 0.15) is 6.17 Å². The number of imidazole rings is 1. The molecule has 2 saturated heterocycles. The molecule has 2 saturated carbocycles. The number of nitrogens with zero attached hydrogens (tertiary/aromatic N) is 7. The fourth-order valence-electron chi connectivity index (χ4n) is 8.71. The quantitative estimate of drug-likeness (QED) is 0.290. The van der Waals surface area contributed by atoms with Crippen LogP contribution in [0.1, 0.15) is 43.6 Å². The molecular formula is C36H43FN8O3. The number of hydrogen-bond acceptors (Lipinski definition) is 9. The van der Waals surface area contributed by atoms with Gasteiger partial charge in [0.15, 0.2) is 5.78 Å². The number of aromatic nitrogens is 4. The number of carbonyl (C=O) groups is 2. The van der Waals surface area contributed by atoms with E-state index in [0.717, 1.165) is 32.2 Å². The molecule has 2 aromatic heterocycles. The minimum absolute atomic E-state index is 0.00580. The molecule has 1 aromatic carbocycles. The molecule has 252 valence electrons. The van der Waals surface area contributed by atoms with E-state index in [1.807, 2.05) is 23.0 Å². The maximum absolute atomic E-state index is 16.2. The van der Waals surface area contributed by atoms with Crippen LogP contribution in [0, 0.1) is 5.92 Å². The molecule has 8 rings (SSSR count). The highest BCUT2D eigenvalue weighted by Gasteiger charge is 2.59. The summed E-state index contributed by atoms with van der Waals surface area (Å²) in [6, 6.07) is 11.5. The number of alkyl halides is 1. The summed E-state index contributed by atoms with van der Waals surface area (Å²) in [5, 5.41) is 3.49. The van der Waals surface area contributed by atoms with E-state index >= 15 is 4.39 Å². The summed E-state index contributed by atoms with van der Waals surface area (Å²) in [6.07, 6.45) is 12.4. The van der Waals surface area contributed by atoms with Crippen molar-refractivity contribution < 1.29 is 18.7 Å². The Morgan fingerprint density at radius 3 is 2.58 bits per heavy atom. The fourth-order valence-corrected chi connectivity index (χ4v) is 8.71. The third-order valence-corrected chi connectivity index (χ3v) is 11.1. The van der Waals surface area contributed by atoms with Crippen molar-refractivity contribution in [3.05, 3.63) is 84.8 Å². The first-order valence-electron chi connectivity index (χ1n) is 17.4. The first-order valence-corrected chi connectivity index (χ1v) is 17.4. The van der Waals surface area contributed by atoms with Gasteiger partial charge in [-0.25, -0.2) is 19.3 Å². The molecule has 12 heteroatoms. The lowest BCUT2D eigenvalue weighted by molar-refractivity contribution is -0.198. The van der Waals surface area contributed by atoms with Crippen molar-refractivity contribution in [1.82, 2.24) is 34.6 Å². The Morgan fingerprint density at radius 2 is 1.81 bits per heavy atom. The van der Waals surface area contributed by atoms with Crippen LogP contribution in [0.2, 0.25) is 0 Å². The zero-order valence-electron chi connectivity index (χ0n) is 27.1. The van der Waals surface area contributed by atoms with Crippen molar-refractivity contribution in [2.75, 3.05) is 37.6 Å². The zero-order chi connectivity index (χ0) is 32.6. The Morgan fingerprint density at radius 1 is 1.00 bits per heavy atom. The molecule has 8 unspecified atom stereocenters. The van der Waals surface area contributed by atoms with Crippen molar-refractivity contribution in [3.63, 3.8) is 0 Å². The number of halogens is 1. The Hall–Kier alpha value is -4.16. The topological polar surface area (TPSA) is 109 Å². The molecule has 48 heavy (non-hydrogen) atoms. The molecule has 11 nitrogen and oxygen atoms in total. The van der Waals surface area contributed by atoms with E-state index in [1.165, 1.54) is 5.56 Å². The largest absolute Gasteiger partial charge is 0.369 e. The minimum atomic E-state index is -1.27. The van der Waals surface area contributed by atoms with Crippen LogP contribution in [0.3, 0.4) is 0 Å². The molecule has 0 radical (unpaired) electrons. The molecule has 3 aliphatic heterocycles. The van der Waals surface area contributed by atoms with Crippen molar-refractivity contribution in [3.8, 4) is 0 Å². The van der Waals surface area contributed by atoms with Crippen LogP contribution in [0.4, 0.5) is 10.3 Å². The number of rotatable bonds is 8. The van der Waals surface area contributed by atoms with Crippen LogP contribution in [0.15, 0.2) is 79.3 Å². The molecule has 0 bridgehead atoms. The lowest BCUT2D eigenvalue weighted by Crippen LogP contribution is -2.73. The van der Waals surface area contributed by atoms with E-state index in [2.05, 4.69) is 54.3 Å². The summed E-state index contributed by atoms with van der Waals surface area (Å²) < 4.78 is 25.1. The van der Waals surface area contributed by atoms with Gasteiger partial charge in [0, 0.05) is 69.6 Å². The lowest BCUT2D eigenvalue weighted by Gasteiger charge is -2.60. The number of piperazine rings is 1. The van der Waals surface area contributed by atoms with Crippen LogP contribution in [-0.4, -0.2) is 110 Å². The number of amides is 1. The molecule has 5 heterocycles. The Labute approximate surface area is 280 Å². The predicted molar refractivity (Wildman–Crippen MR) is 177 cm³/mol. The minimum Gasteiger partial charge on any atom is -0.369 e. The van der Waals surface area contributed by atoms with Gasteiger partial charge in [-0.2, -0.15) is 0 Å². The number of Topliss-reactive ketones (excluding diaryl/α,β-unsaturated/α-hetero) is 1. The van der Waals surface area contributed by atoms with E-state index in [4.69, 9.17) is 4.74 Å². The Balaban J connectivity index is 1.05. The first-order chi connectivity index (χ1) is 23.5. The number of ketones is 1. The normalized spacial score (nSPS) is 31.6.